The number of anilines is 1. The minimum atomic E-state index is -4.17. The molecule has 2 aromatic rings. The van der Waals surface area contributed by atoms with E-state index in [-0.39, 0.29) is 28.4 Å². The molecule has 1 fully saturated rings. The maximum Gasteiger partial charge on any atom is 0.335 e. The maximum atomic E-state index is 12.6. The SMILES string of the molecule is COc1cc(OC)nc(NC(=O)NS(=O)(=O)c2ccccc2OCC2CC2)n1. The van der Waals surface area contributed by atoms with Gasteiger partial charge in [-0.1, -0.05) is 12.1 Å². The molecule has 150 valence electrons. The first kappa shape index (κ1) is 19.7. The van der Waals surface area contributed by atoms with E-state index in [0.717, 1.165) is 12.8 Å². The molecule has 1 heterocycles. The van der Waals surface area contributed by atoms with Gasteiger partial charge in [-0.25, -0.2) is 17.9 Å². The van der Waals surface area contributed by atoms with Crippen molar-refractivity contribution in [3.05, 3.63) is 30.3 Å². The average molecular weight is 408 g/mol. The van der Waals surface area contributed by atoms with Gasteiger partial charge in [-0.15, -0.1) is 0 Å². The fraction of sp³-hybridized carbons (Fsp3) is 0.353. The third-order valence-corrected chi connectivity index (χ3v) is 5.23. The second kappa shape index (κ2) is 8.30. The number of rotatable bonds is 8. The molecule has 0 spiro atoms. The summed E-state index contributed by atoms with van der Waals surface area (Å²) in [5.74, 6) is 0.746. The van der Waals surface area contributed by atoms with Gasteiger partial charge in [0, 0.05) is 0 Å². The normalized spacial score (nSPS) is 13.5. The van der Waals surface area contributed by atoms with Crippen LogP contribution in [0.4, 0.5) is 10.7 Å². The van der Waals surface area contributed by atoms with E-state index < -0.39 is 16.1 Å². The van der Waals surface area contributed by atoms with Crippen LogP contribution in [-0.2, 0) is 10.0 Å². The Kier molecular flexibility index (Phi) is 5.83. The standard InChI is InChI=1S/C17H20N4O6S/c1-25-14-9-15(26-2)19-16(18-14)20-17(22)21-28(23,24)13-6-4-3-5-12(13)27-10-11-7-8-11/h3-6,9,11H,7-8,10H2,1-2H3,(H2,18,19,20,21,22). The molecule has 0 atom stereocenters. The number of para-hydroxylation sites is 1. The molecule has 1 saturated carbocycles. The van der Waals surface area contributed by atoms with Crippen LogP contribution in [0.2, 0.25) is 0 Å². The van der Waals surface area contributed by atoms with Gasteiger partial charge in [0.15, 0.2) is 0 Å². The summed E-state index contributed by atoms with van der Waals surface area (Å²) in [6.07, 6.45) is 2.14. The lowest BCUT2D eigenvalue weighted by atomic mass is 10.3. The summed E-state index contributed by atoms with van der Waals surface area (Å²) in [7, 11) is -1.41. The second-order valence-corrected chi connectivity index (χ2v) is 7.69. The molecule has 2 N–H and O–H groups in total. The molecule has 2 amide bonds. The minimum Gasteiger partial charge on any atom is -0.492 e. The van der Waals surface area contributed by atoms with Crippen molar-refractivity contribution in [1.82, 2.24) is 14.7 Å². The smallest absolute Gasteiger partial charge is 0.335 e. The van der Waals surface area contributed by atoms with Crippen LogP contribution in [0, 0.1) is 5.92 Å². The van der Waals surface area contributed by atoms with E-state index in [0.29, 0.717) is 12.5 Å². The molecule has 0 unspecified atom stereocenters. The monoisotopic (exact) mass is 408 g/mol. The fourth-order valence-electron chi connectivity index (χ4n) is 2.26. The number of amides is 2. The van der Waals surface area contributed by atoms with E-state index in [4.69, 9.17) is 14.2 Å². The molecule has 0 radical (unpaired) electrons. The van der Waals surface area contributed by atoms with Crippen molar-refractivity contribution in [3.8, 4) is 17.5 Å². The highest BCUT2D eigenvalue weighted by Gasteiger charge is 2.26. The number of sulfonamides is 1. The summed E-state index contributed by atoms with van der Waals surface area (Å²) in [5.41, 5.74) is 0. The summed E-state index contributed by atoms with van der Waals surface area (Å²) < 4.78 is 42.7. The lowest BCUT2D eigenvalue weighted by molar-refractivity contribution is 0.256. The van der Waals surface area contributed by atoms with Crippen LogP contribution < -0.4 is 24.2 Å². The highest BCUT2D eigenvalue weighted by Crippen LogP contribution is 2.31. The van der Waals surface area contributed by atoms with Gasteiger partial charge in [-0.2, -0.15) is 9.97 Å². The minimum absolute atomic E-state index is 0.130. The van der Waals surface area contributed by atoms with Crippen LogP contribution in [-0.4, -0.2) is 45.2 Å². The quantitative estimate of drug-likeness (QED) is 0.676. The summed E-state index contributed by atoms with van der Waals surface area (Å²) in [5, 5.41) is 2.24. The number of carbonyl (C=O) groups excluding carboxylic acids is 1. The van der Waals surface area contributed by atoms with Crippen LogP contribution >= 0.6 is 0 Å². The second-order valence-electron chi connectivity index (χ2n) is 6.04. The van der Waals surface area contributed by atoms with Crippen LogP contribution in [0.15, 0.2) is 35.2 Å². The van der Waals surface area contributed by atoms with Crippen molar-refractivity contribution in [2.24, 2.45) is 5.92 Å². The molecule has 1 aromatic carbocycles. The molecule has 11 heteroatoms. The van der Waals surface area contributed by atoms with Gasteiger partial charge in [-0.3, -0.25) is 5.32 Å². The van der Waals surface area contributed by atoms with Gasteiger partial charge in [0.05, 0.1) is 26.9 Å². The van der Waals surface area contributed by atoms with Crippen LogP contribution in [0.1, 0.15) is 12.8 Å². The highest BCUT2D eigenvalue weighted by molar-refractivity contribution is 7.90. The van der Waals surface area contributed by atoms with Crippen molar-refractivity contribution in [1.29, 1.82) is 0 Å². The predicted octanol–water partition coefficient (Wildman–Crippen LogP) is 1.79. The van der Waals surface area contributed by atoms with Crippen molar-refractivity contribution < 1.29 is 27.4 Å². The molecule has 1 aromatic heterocycles. The Morgan fingerprint density at radius 1 is 1.14 bits per heavy atom. The topological polar surface area (TPSA) is 129 Å². The van der Waals surface area contributed by atoms with Crippen LogP contribution in [0.5, 0.6) is 17.5 Å². The molecule has 10 nitrogen and oxygen atoms in total. The van der Waals surface area contributed by atoms with Gasteiger partial charge in [0.2, 0.25) is 17.7 Å². The third kappa shape index (κ3) is 5.00. The van der Waals surface area contributed by atoms with E-state index in [1.54, 1.807) is 18.2 Å². The number of carbonyl (C=O) groups is 1. The number of ether oxygens (including phenoxy) is 3. The van der Waals surface area contributed by atoms with Crippen LogP contribution in [0.3, 0.4) is 0 Å². The Morgan fingerprint density at radius 3 is 2.39 bits per heavy atom. The van der Waals surface area contributed by atoms with Crippen molar-refractivity contribution in [3.63, 3.8) is 0 Å². The first-order valence-corrected chi connectivity index (χ1v) is 9.92. The summed E-state index contributed by atoms with van der Waals surface area (Å²) in [6.45, 7) is 0.441. The fourth-order valence-corrected chi connectivity index (χ4v) is 3.31. The van der Waals surface area contributed by atoms with Crippen molar-refractivity contribution in [2.75, 3.05) is 26.1 Å². The number of methoxy groups -OCH3 is 2. The molecule has 1 aliphatic rings. The molecule has 0 aliphatic heterocycles. The number of nitrogens with zero attached hydrogens (tertiary/aromatic N) is 2. The predicted molar refractivity (Wildman–Crippen MR) is 99.1 cm³/mol. The van der Waals surface area contributed by atoms with Crippen LogP contribution in [0.25, 0.3) is 0 Å². The zero-order valence-electron chi connectivity index (χ0n) is 15.3. The number of hydrogen-bond donors (Lipinski definition) is 2. The van der Waals surface area contributed by atoms with E-state index in [1.807, 2.05) is 4.72 Å². The number of benzene rings is 1. The van der Waals surface area contributed by atoms with Gasteiger partial charge < -0.3 is 14.2 Å². The number of hydrogen-bond acceptors (Lipinski definition) is 8. The van der Waals surface area contributed by atoms with Gasteiger partial charge in [0.1, 0.15) is 10.6 Å². The van der Waals surface area contributed by atoms with Gasteiger partial charge in [0.25, 0.3) is 10.0 Å². The lowest BCUT2D eigenvalue weighted by Crippen LogP contribution is -2.35. The molecular weight excluding hydrogens is 388 g/mol. The molecule has 0 bridgehead atoms. The summed E-state index contributed by atoms with van der Waals surface area (Å²) >= 11 is 0. The number of nitrogens with one attached hydrogen (secondary N) is 2. The van der Waals surface area contributed by atoms with E-state index in [2.05, 4.69) is 15.3 Å². The van der Waals surface area contributed by atoms with E-state index in [9.17, 15) is 13.2 Å². The Morgan fingerprint density at radius 2 is 1.79 bits per heavy atom. The van der Waals surface area contributed by atoms with Gasteiger partial charge >= 0.3 is 6.03 Å². The van der Waals surface area contributed by atoms with Crippen molar-refractivity contribution >= 4 is 22.0 Å². The number of urea groups is 1. The molecule has 0 saturated heterocycles. The zero-order valence-corrected chi connectivity index (χ0v) is 16.2. The Hall–Kier alpha value is -3.08. The summed E-state index contributed by atoms with van der Waals surface area (Å²) in [4.78, 5) is 19.9. The Labute approximate surface area is 162 Å². The van der Waals surface area contributed by atoms with Crippen molar-refractivity contribution in [2.45, 2.75) is 17.7 Å². The van der Waals surface area contributed by atoms with E-state index in [1.165, 1.54) is 26.4 Å². The van der Waals surface area contributed by atoms with Gasteiger partial charge in [-0.05, 0) is 30.9 Å². The zero-order chi connectivity index (χ0) is 20.1. The molecule has 28 heavy (non-hydrogen) atoms. The summed E-state index contributed by atoms with van der Waals surface area (Å²) in [6, 6.07) is 6.50. The highest BCUT2D eigenvalue weighted by atomic mass is 32.2. The Bertz CT molecular complexity index is 940. The first-order valence-electron chi connectivity index (χ1n) is 8.44. The third-order valence-electron chi connectivity index (χ3n) is 3.86. The average Bonchev–Trinajstić information content (AvgIpc) is 3.50. The maximum absolute atomic E-state index is 12.6. The molecule has 1 aliphatic carbocycles. The largest absolute Gasteiger partial charge is 0.492 e. The first-order chi connectivity index (χ1) is 13.4. The Balaban J connectivity index is 1.73. The lowest BCUT2D eigenvalue weighted by Gasteiger charge is -2.13. The molecule has 3 rings (SSSR count). The number of aromatic nitrogens is 2. The molecular formula is C17H20N4O6S. The van der Waals surface area contributed by atoms with E-state index >= 15 is 0 Å².